The SMILES string of the molecule is COc1ccc(CN(C)C(=O)[C@@H](C)Oc2cccc(OC)c2)cc1. The predicted octanol–water partition coefficient (Wildman–Crippen LogP) is 3.13. The van der Waals surface area contributed by atoms with Gasteiger partial charge in [-0.3, -0.25) is 4.79 Å². The average molecular weight is 329 g/mol. The molecule has 1 atom stereocenters. The minimum absolute atomic E-state index is 0.0892. The van der Waals surface area contributed by atoms with Crippen LogP contribution in [-0.2, 0) is 11.3 Å². The second kappa shape index (κ2) is 8.24. The molecule has 0 fully saturated rings. The van der Waals surface area contributed by atoms with Crippen LogP contribution in [0.3, 0.4) is 0 Å². The third-order valence-corrected chi connectivity index (χ3v) is 3.66. The van der Waals surface area contributed by atoms with Gasteiger partial charge in [0.15, 0.2) is 6.10 Å². The monoisotopic (exact) mass is 329 g/mol. The first-order chi connectivity index (χ1) is 11.5. The van der Waals surface area contributed by atoms with Crippen LogP contribution in [-0.4, -0.2) is 38.2 Å². The molecule has 0 heterocycles. The van der Waals surface area contributed by atoms with Gasteiger partial charge in [0.2, 0.25) is 0 Å². The van der Waals surface area contributed by atoms with E-state index < -0.39 is 6.10 Å². The van der Waals surface area contributed by atoms with Gasteiger partial charge in [0, 0.05) is 19.7 Å². The van der Waals surface area contributed by atoms with Crippen molar-refractivity contribution in [3.05, 3.63) is 54.1 Å². The summed E-state index contributed by atoms with van der Waals surface area (Å²) in [7, 11) is 4.98. The molecular weight excluding hydrogens is 306 g/mol. The van der Waals surface area contributed by atoms with Crippen molar-refractivity contribution in [1.82, 2.24) is 4.90 Å². The number of likely N-dealkylation sites (N-methyl/N-ethyl adjacent to an activating group) is 1. The topological polar surface area (TPSA) is 48.0 Å². The molecule has 0 saturated carbocycles. The molecule has 0 spiro atoms. The lowest BCUT2D eigenvalue weighted by Gasteiger charge is -2.22. The minimum atomic E-state index is -0.583. The van der Waals surface area contributed by atoms with Crippen LogP contribution in [0.25, 0.3) is 0 Å². The molecule has 2 aromatic carbocycles. The van der Waals surface area contributed by atoms with Gasteiger partial charge in [0.25, 0.3) is 5.91 Å². The van der Waals surface area contributed by atoms with Crippen LogP contribution in [0.15, 0.2) is 48.5 Å². The van der Waals surface area contributed by atoms with E-state index in [4.69, 9.17) is 14.2 Å². The zero-order chi connectivity index (χ0) is 17.5. The van der Waals surface area contributed by atoms with Gasteiger partial charge in [-0.15, -0.1) is 0 Å². The quantitative estimate of drug-likeness (QED) is 0.783. The molecule has 24 heavy (non-hydrogen) atoms. The minimum Gasteiger partial charge on any atom is -0.497 e. The van der Waals surface area contributed by atoms with Crippen molar-refractivity contribution in [2.75, 3.05) is 21.3 Å². The smallest absolute Gasteiger partial charge is 0.263 e. The van der Waals surface area contributed by atoms with Gasteiger partial charge in [-0.1, -0.05) is 18.2 Å². The Morgan fingerprint density at radius 1 is 1.00 bits per heavy atom. The van der Waals surface area contributed by atoms with Crippen molar-refractivity contribution < 1.29 is 19.0 Å². The number of benzene rings is 2. The lowest BCUT2D eigenvalue weighted by molar-refractivity contribution is -0.137. The van der Waals surface area contributed by atoms with Crippen molar-refractivity contribution in [2.24, 2.45) is 0 Å². The summed E-state index contributed by atoms with van der Waals surface area (Å²) in [6, 6.07) is 14.9. The van der Waals surface area contributed by atoms with Crippen LogP contribution in [0.5, 0.6) is 17.2 Å². The molecule has 128 valence electrons. The van der Waals surface area contributed by atoms with Crippen molar-refractivity contribution in [1.29, 1.82) is 0 Å². The molecule has 0 aromatic heterocycles. The highest BCUT2D eigenvalue weighted by molar-refractivity contribution is 5.80. The number of ether oxygens (including phenoxy) is 3. The van der Waals surface area contributed by atoms with Gasteiger partial charge >= 0.3 is 0 Å². The fraction of sp³-hybridized carbons (Fsp3) is 0.316. The van der Waals surface area contributed by atoms with E-state index >= 15 is 0 Å². The molecule has 2 rings (SSSR count). The van der Waals surface area contributed by atoms with E-state index in [-0.39, 0.29) is 5.91 Å². The first-order valence-corrected chi connectivity index (χ1v) is 7.72. The lowest BCUT2D eigenvalue weighted by atomic mass is 10.2. The molecule has 0 aliphatic rings. The van der Waals surface area contributed by atoms with Crippen LogP contribution < -0.4 is 14.2 Å². The molecule has 0 unspecified atom stereocenters. The lowest BCUT2D eigenvalue weighted by Crippen LogP contribution is -2.37. The van der Waals surface area contributed by atoms with E-state index in [1.165, 1.54) is 0 Å². The molecule has 0 aliphatic heterocycles. The van der Waals surface area contributed by atoms with E-state index in [0.29, 0.717) is 18.0 Å². The summed E-state index contributed by atoms with van der Waals surface area (Å²) in [4.78, 5) is 14.1. The summed E-state index contributed by atoms with van der Waals surface area (Å²) >= 11 is 0. The molecule has 5 nitrogen and oxygen atoms in total. The van der Waals surface area contributed by atoms with E-state index in [2.05, 4.69) is 0 Å². The van der Waals surface area contributed by atoms with Crippen LogP contribution in [0, 0.1) is 0 Å². The van der Waals surface area contributed by atoms with Crippen molar-refractivity contribution in [3.63, 3.8) is 0 Å². The maximum Gasteiger partial charge on any atom is 0.263 e. The number of nitrogens with zero attached hydrogens (tertiary/aromatic N) is 1. The molecule has 2 aromatic rings. The fourth-order valence-electron chi connectivity index (χ4n) is 2.32. The second-order valence-electron chi connectivity index (χ2n) is 5.48. The number of methoxy groups -OCH3 is 2. The zero-order valence-electron chi connectivity index (χ0n) is 14.5. The van der Waals surface area contributed by atoms with Gasteiger partial charge in [-0.2, -0.15) is 0 Å². The van der Waals surface area contributed by atoms with E-state index in [1.807, 2.05) is 36.4 Å². The van der Waals surface area contributed by atoms with E-state index in [1.54, 1.807) is 45.2 Å². The van der Waals surface area contributed by atoms with Crippen LogP contribution in [0.2, 0.25) is 0 Å². The summed E-state index contributed by atoms with van der Waals surface area (Å²) in [5.41, 5.74) is 1.03. The zero-order valence-corrected chi connectivity index (χ0v) is 14.5. The number of hydrogen-bond acceptors (Lipinski definition) is 4. The highest BCUT2D eigenvalue weighted by Gasteiger charge is 2.19. The standard InChI is InChI=1S/C19H23NO4/c1-14(24-18-7-5-6-17(12-18)23-4)19(21)20(2)13-15-8-10-16(22-3)11-9-15/h5-12,14H,13H2,1-4H3/t14-/m1/s1. The Bertz CT molecular complexity index is 669. The number of amides is 1. The molecule has 0 aliphatic carbocycles. The maximum atomic E-state index is 12.5. The van der Waals surface area contributed by atoms with Gasteiger partial charge in [-0.05, 0) is 36.8 Å². The Kier molecular flexibility index (Phi) is 6.07. The van der Waals surface area contributed by atoms with Gasteiger partial charge < -0.3 is 19.1 Å². The Morgan fingerprint density at radius 3 is 2.25 bits per heavy atom. The Balaban J connectivity index is 1.95. The van der Waals surface area contributed by atoms with Crippen molar-refractivity contribution >= 4 is 5.91 Å². The molecule has 0 saturated heterocycles. The first kappa shape index (κ1) is 17.7. The van der Waals surface area contributed by atoms with Crippen molar-refractivity contribution in [3.8, 4) is 17.2 Å². The second-order valence-corrected chi connectivity index (χ2v) is 5.48. The Hall–Kier alpha value is -2.69. The Labute approximate surface area is 142 Å². The molecule has 5 heteroatoms. The summed E-state index contributed by atoms with van der Waals surface area (Å²) in [5, 5.41) is 0. The van der Waals surface area contributed by atoms with Gasteiger partial charge in [0.05, 0.1) is 14.2 Å². The third-order valence-electron chi connectivity index (χ3n) is 3.66. The third kappa shape index (κ3) is 4.65. The van der Waals surface area contributed by atoms with Gasteiger partial charge in [0.1, 0.15) is 17.2 Å². The molecular formula is C19H23NO4. The van der Waals surface area contributed by atoms with Crippen molar-refractivity contribution in [2.45, 2.75) is 19.6 Å². The highest BCUT2D eigenvalue weighted by Crippen LogP contribution is 2.20. The van der Waals surface area contributed by atoms with E-state index in [0.717, 1.165) is 11.3 Å². The van der Waals surface area contributed by atoms with Crippen LogP contribution in [0.1, 0.15) is 12.5 Å². The Morgan fingerprint density at radius 2 is 1.62 bits per heavy atom. The molecule has 0 N–H and O–H groups in total. The largest absolute Gasteiger partial charge is 0.497 e. The number of rotatable bonds is 7. The average Bonchev–Trinajstić information content (AvgIpc) is 2.61. The van der Waals surface area contributed by atoms with Crippen LogP contribution in [0.4, 0.5) is 0 Å². The normalized spacial score (nSPS) is 11.5. The predicted molar refractivity (Wildman–Crippen MR) is 92.6 cm³/mol. The van der Waals surface area contributed by atoms with Crippen LogP contribution >= 0.6 is 0 Å². The summed E-state index contributed by atoms with van der Waals surface area (Å²) in [6.45, 7) is 2.25. The molecule has 1 amide bonds. The highest BCUT2D eigenvalue weighted by atomic mass is 16.5. The molecule has 0 bridgehead atoms. The van der Waals surface area contributed by atoms with E-state index in [9.17, 15) is 4.79 Å². The summed E-state index contributed by atoms with van der Waals surface area (Å²) in [6.07, 6.45) is -0.583. The maximum absolute atomic E-state index is 12.5. The summed E-state index contributed by atoms with van der Waals surface area (Å²) < 4.78 is 16.0. The fourth-order valence-corrected chi connectivity index (χ4v) is 2.32. The summed E-state index contributed by atoms with van der Waals surface area (Å²) in [5.74, 6) is 2.00. The van der Waals surface area contributed by atoms with Gasteiger partial charge in [-0.25, -0.2) is 0 Å². The first-order valence-electron chi connectivity index (χ1n) is 7.72. The number of carbonyl (C=O) groups excluding carboxylic acids is 1. The molecule has 0 radical (unpaired) electrons. The number of carbonyl (C=O) groups is 1. The number of hydrogen-bond donors (Lipinski definition) is 0.